The minimum absolute atomic E-state index is 0.760. The van der Waals surface area contributed by atoms with Crippen molar-refractivity contribution in [3.05, 3.63) is 41.5 Å². The molecule has 2 heteroatoms. The first-order valence-electron chi connectivity index (χ1n) is 4.81. The van der Waals surface area contributed by atoms with E-state index in [0.717, 1.165) is 16.7 Å². The molecule has 0 amide bonds. The van der Waals surface area contributed by atoms with E-state index in [2.05, 4.69) is 18.8 Å². The van der Waals surface area contributed by atoms with Crippen molar-refractivity contribution >= 4 is 18.1 Å². The van der Waals surface area contributed by atoms with Gasteiger partial charge < -0.3 is 0 Å². The van der Waals surface area contributed by atoms with Gasteiger partial charge in [-0.2, -0.15) is 0 Å². The Hall–Kier alpha value is -1.66. The Kier molecular flexibility index (Phi) is 2.53. The fourth-order valence-corrected chi connectivity index (χ4v) is 1.81. The third-order valence-corrected chi connectivity index (χ3v) is 2.61. The molecule has 1 nitrogen and oxygen atoms in total. The molecule has 2 aromatic carbocycles. The summed E-state index contributed by atoms with van der Waals surface area (Å²) in [5.74, 6) is 3.45. The zero-order valence-corrected chi connectivity index (χ0v) is 8.87. The minimum atomic E-state index is 0.760. The van der Waals surface area contributed by atoms with Gasteiger partial charge in [-0.1, -0.05) is 0 Å². The normalized spacial score (nSPS) is 10.1. The van der Waals surface area contributed by atoms with E-state index < -0.39 is 0 Å². The number of rotatable bonds is 1. The molecule has 2 aromatic rings. The molecule has 72 valence electrons. The van der Waals surface area contributed by atoms with E-state index in [1.165, 1.54) is 10.9 Å². The molecule has 0 N–H and O–H groups in total. The van der Waals surface area contributed by atoms with Crippen LogP contribution in [0.5, 0.6) is 5.75 Å². The molecule has 0 aliphatic carbocycles. The van der Waals surface area contributed by atoms with Crippen LogP contribution in [0.3, 0.4) is 0 Å². The van der Waals surface area contributed by atoms with Gasteiger partial charge in [-0.05, 0) is 0 Å². The van der Waals surface area contributed by atoms with E-state index in [-0.39, 0.29) is 0 Å². The van der Waals surface area contributed by atoms with Crippen LogP contribution in [0.25, 0.3) is 10.8 Å². The van der Waals surface area contributed by atoms with Crippen LogP contribution in [-0.4, -0.2) is 14.4 Å². The Balaban J connectivity index is 2.90. The van der Waals surface area contributed by atoms with Crippen LogP contribution in [0, 0.1) is 12.7 Å². The van der Waals surface area contributed by atoms with Crippen LogP contribution in [0.2, 0.25) is 0 Å². The second kappa shape index (κ2) is 3.84. The van der Waals surface area contributed by atoms with Crippen LogP contribution in [0.1, 0.15) is 11.1 Å². The van der Waals surface area contributed by atoms with E-state index in [4.69, 9.17) is 12.1 Å². The first kappa shape index (κ1) is 9.88. The summed E-state index contributed by atoms with van der Waals surface area (Å²) in [6, 6.07) is 10.1. The summed E-state index contributed by atoms with van der Waals surface area (Å²) in [4.78, 5) is 0. The molecule has 0 fully saturated rings. The molecule has 0 unspecified atom stereocenters. The number of ether oxygens (including phenoxy) is 1. The molecule has 0 bridgehead atoms. The Morgan fingerprint density at radius 2 is 1.93 bits per heavy atom. The van der Waals surface area contributed by atoms with Gasteiger partial charge in [0.15, 0.2) is 0 Å². The molecular weight excluding hydrogens is 183 g/mol. The molecule has 2 rings (SSSR count). The number of benzene rings is 2. The Bertz CT molecular complexity index is 552. The summed E-state index contributed by atoms with van der Waals surface area (Å²) >= 11 is 0. The molecular formula is C13H11BO. The number of fused-ring (bicyclic) bond motifs is 1. The van der Waals surface area contributed by atoms with E-state index in [9.17, 15) is 0 Å². The fourth-order valence-electron chi connectivity index (χ4n) is 1.81. The second-order valence-corrected chi connectivity index (χ2v) is 3.46. The Morgan fingerprint density at radius 3 is 2.60 bits per heavy atom. The molecule has 0 radical (unpaired) electrons. The van der Waals surface area contributed by atoms with Crippen LogP contribution in [-0.2, 0) is 0 Å². The zero-order chi connectivity index (χ0) is 10.8. The summed E-state index contributed by atoms with van der Waals surface area (Å²) in [5.41, 5.74) is 2.06. The predicted molar refractivity (Wildman–Crippen MR) is 64.0 cm³/mol. The van der Waals surface area contributed by atoms with Crippen molar-refractivity contribution in [2.45, 2.75) is 6.92 Å². The molecule has 0 atom stereocenters. The number of aryl methyl sites for hydroxylation is 1. The maximum absolute atomic E-state index is 5.51. The van der Waals surface area contributed by atoms with Crippen LogP contribution >= 0.6 is 0 Å². The van der Waals surface area contributed by atoms with Crippen molar-refractivity contribution in [2.24, 2.45) is 0 Å². The Morgan fingerprint density at radius 1 is 1.13 bits per heavy atom. The predicted octanol–water partition coefficient (Wildman–Crippen LogP) is 2.63. The summed E-state index contributed by atoms with van der Waals surface area (Å²) in [5, 5.41) is 2.27. The van der Waals surface area contributed by atoms with E-state index in [1.54, 1.807) is 7.11 Å². The zero-order valence-electron chi connectivity index (χ0n) is 8.87. The average molecular weight is 194 g/mol. The average Bonchev–Trinajstić information content (AvgIpc) is 2.28. The van der Waals surface area contributed by atoms with E-state index in [0.29, 0.717) is 0 Å². The standard InChI is InChI=1S/C13H11BO/c1-9-4-3-5-11-10(9)6-7-13(15-2)12(11)8-14/h3-7H,1-2H3. The van der Waals surface area contributed by atoms with Gasteiger partial charge in [0.25, 0.3) is 0 Å². The van der Waals surface area contributed by atoms with Crippen molar-refractivity contribution in [1.82, 2.24) is 0 Å². The molecule has 0 saturated heterocycles. The molecule has 0 saturated carbocycles. The van der Waals surface area contributed by atoms with Crippen molar-refractivity contribution in [1.29, 1.82) is 0 Å². The van der Waals surface area contributed by atoms with Gasteiger partial charge in [-0.3, -0.25) is 0 Å². The summed E-state index contributed by atoms with van der Waals surface area (Å²) in [6.45, 7) is 2.08. The molecule has 0 aromatic heterocycles. The van der Waals surface area contributed by atoms with Gasteiger partial charge in [0.1, 0.15) is 0 Å². The molecule has 0 spiro atoms. The SMILES string of the molecule is B#Cc1c(OC)ccc2c(C)cccc12. The molecule has 15 heavy (non-hydrogen) atoms. The van der Waals surface area contributed by atoms with Gasteiger partial charge in [0, 0.05) is 0 Å². The first-order chi connectivity index (χ1) is 7.27. The van der Waals surface area contributed by atoms with Crippen LogP contribution in [0.4, 0.5) is 0 Å². The van der Waals surface area contributed by atoms with Crippen LogP contribution < -0.4 is 4.74 Å². The van der Waals surface area contributed by atoms with Crippen molar-refractivity contribution < 1.29 is 4.74 Å². The van der Waals surface area contributed by atoms with E-state index >= 15 is 0 Å². The van der Waals surface area contributed by atoms with Gasteiger partial charge in [0.05, 0.1) is 0 Å². The maximum atomic E-state index is 5.51. The quantitative estimate of drug-likeness (QED) is 0.634. The summed E-state index contributed by atoms with van der Waals surface area (Å²) in [6.07, 6.45) is 0. The third kappa shape index (κ3) is 1.53. The van der Waals surface area contributed by atoms with Gasteiger partial charge >= 0.3 is 89.9 Å². The molecule has 0 aliphatic heterocycles. The third-order valence-electron chi connectivity index (χ3n) is 2.61. The number of hydrogen-bond donors (Lipinski definition) is 0. The van der Waals surface area contributed by atoms with E-state index in [1.807, 2.05) is 24.3 Å². The molecule has 0 aliphatic rings. The second-order valence-electron chi connectivity index (χ2n) is 3.46. The summed E-state index contributed by atoms with van der Waals surface area (Å²) < 4.78 is 5.24. The topological polar surface area (TPSA) is 9.23 Å². The van der Waals surface area contributed by atoms with Crippen LogP contribution in [0.15, 0.2) is 30.3 Å². The van der Waals surface area contributed by atoms with Gasteiger partial charge in [-0.25, -0.2) is 0 Å². The monoisotopic (exact) mass is 194 g/mol. The van der Waals surface area contributed by atoms with Crippen molar-refractivity contribution in [2.75, 3.05) is 7.11 Å². The molecule has 0 heterocycles. The number of hydrogen-bond acceptors (Lipinski definition) is 1. The van der Waals surface area contributed by atoms with Gasteiger partial charge in [0.2, 0.25) is 0 Å². The Labute approximate surface area is 90.4 Å². The van der Waals surface area contributed by atoms with Crippen molar-refractivity contribution in [3.63, 3.8) is 0 Å². The fraction of sp³-hybridized carbons (Fsp3) is 0.154. The van der Waals surface area contributed by atoms with Gasteiger partial charge in [-0.15, -0.1) is 0 Å². The first-order valence-corrected chi connectivity index (χ1v) is 4.81. The summed E-state index contributed by atoms with van der Waals surface area (Å²) in [7, 11) is 7.15. The number of methoxy groups -OCH3 is 1. The van der Waals surface area contributed by atoms with Crippen molar-refractivity contribution in [3.8, 4) is 11.6 Å².